The van der Waals surface area contributed by atoms with Crippen molar-refractivity contribution in [2.75, 3.05) is 63.4 Å². The predicted molar refractivity (Wildman–Crippen MR) is 294 cm³/mol. The average Bonchev–Trinajstić information content (AvgIpc) is 4.34. The fourth-order valence-corrected chi connectivity index (χ4v) is 12.0. The van der Waals surface area contributed by atoms with Gasteiger partial charge in [-0.3, -0.25) is 14.5 Å². The van der Waals surface area contributed by atoms with Gasteiger partial charge in [0, 0.05) is 50.7 Å². The van der Waals surface area contributed by atoms with E-state index in [-0.39, 0.29) is 47.8 Å². The molecule has 10 rings (SSSR count). The molecule has 18 heteroatoms. The van der Waals surface area contributed by atoms with Crippen LogP contribution < -0.4 is 15.1 Å². The fourth-order valence-electron chi connectivity index (χ4n) is 12.0. The van der Waals surface area contributed by atoms with Crippen molar-refractivity contribution >= 4 is 35.5 Å². The van der Waals surface area contributed by atoms with E-state index in [4.69, 9.17) is 24.4 Å². The Balaban J connectivity index is 0.890. The number of aromatic amines is 2. The molecule has 4 aliphatic rings. The first-order valence-corrected chi connectivity index (χ1v) is 27.2. The minimum atomic E-state index is -1.13. The summed E-state index contributed by atoms with van der Waals surface area (Å²) in [5.41, 5.74) is 9.34. The number of methoxy groups -OCH3 is 1. The summed E-state index contributed by atoms with van der Waals surface area (Å²) in [6, 6.07) is 28.6. The molecule has 0 spiro atoms. The van der Waals surface area contributed by atoms with Gasteiger partial charge in [0.05, 0.1) is 68.3 Å². The number of carbonyl (C=O) groups excluding carboxylic acids is 3. The second kappa shape index (κ2) is 22.9. The van der Waals surface area contributed by atoms with Crippen LogP contribution in [0.5, 0.6) is 0 Å². The number of nitrogens with one attached hydrogen (secondary N) is 3. The Morgan fingerprint density at radius 3 is 1.64 bits per heavy atom. The van der Waals surface area contributed by atoms with Gasteiger partial charge in [-0.1, -0.05) is 88.4 Å². The zero-order valence-electron chi connectivity index (χ0n) is 44.9. The molecule has 0 radical (unpaired) electrons. The highest BCUT2D eigenvalue weighted by molar-refractivity contribution is 5.87. The Hall–Kier alpha value is -7.73. The van der Waals surface area contributed by atoms with Gasteiger partial charge in [0.1, 0.15) is 29.6 Å². The molecule has 0 unspecified atom stereocenters. The van der Waals surface area contributed by atoms with E-state index >= 15 is 0 Å². The van der Waals surface area contributed by atoms with Crippen molar-refractivity contribution in [2.45, 2.75) is 102 Å². The molecule has 404 valence electrons. The first kappa shape index (κ1) is 52.7. The van der Waals surface area contributed by atoms with Crippen molar-refractivity contribution in [2.24, 2.45) is 11.8 Å². The van der Waals surface area contributed by atoms with E-state index in [1.54, 1.807) is 4.90 Å². The lowest BCUT2D eigenvalue weighted by Crippen LogP contribution is -2.51. The average molecular weight is 1050 g/mol. The first-order chi connectivity index (χ1) is 37.3. The molecule has 4 saturated heterocycles. The van der Waals surface area contributed by atoms with Gasteiger partial charge in [0.15, 0.2) is 0 Å². The molecule has 3 aromatic heterocycles. The molecule has 4 fully saturated rings. The van der Waals surface area contributed by atoms with Gasteiger partial charge < -0.3 is 49.5 Å². The van der Waals surface area contributed by atoms with E-state index in [1.165, 1.54) is 25.3 Å². The lowest BCUT2D eigenvalue weighted by molar-refractivity contribution is -0.138. The minimum absolute atomic E-state index is 0.0765. The maximum Gasteiger partial charge on any atom is 0.407 e. The summed E-state index contributed by atoms with van der Waals surface area (Å²) in [5, 5.41) is 12.5. The third kappa shape index (κ3) is 11.0. The number of ether oxygens (including phenoxy) is 2. The number of alkyl carbamates (subject to hydrolysis) is 1. The van der Waals surface area contributed by atoms with Crippen LogP contribution in [0.4, 0.5) is 21.1 Å². The molecule has 4 amide bonds. The highest BCUT2D eigenvalue weighted by Crippen LogP contribution is 2.48. The van der Waals surface area contributed by atoms with Crippen LogP contribution in [0.15, 0.2) is 104 Å². The number of likely N-dealkylation sites (N-methyl/N-ethyl adjacent to an activating group) is 1. The first-order valence-electron chi connectivity index (χ1n) is 27.2. The Bertz CT molecular complexity index is 3010. The number of aromatic nitrogens is 5. The molecule has 18 nitrogen and oxygen atoms in total. The third-order valence-electron chi connectivity index (χ3n) is 16.1. The zero-order chi connectivity index (χ0) is 53.9. The van der Waals surface area contributed by atoms with Gasteiger partial charge in [-0.15, -0.1) is 0 Å². The summed E-state index contributed by atoms with van der Waals surface area (Å²) in [6.45, 7) is 11.8. The molecular formula is C59H71N11O7. The van der Waals surface area contributed by atoms with Gasteiger partial charge in [-0.05, 0) is 102 Å². The highest BCUT2D eigenvalue weighted by Gasteiger charge is 2.41. The van der Waals surface area contributed by atoms with E-state index in [2.05, 4.69) is 110 Å². The van der Waals surface area contributed by atoms with Crippen molar-refractivity contribution in [3.05, 3.63) is 126 Å². The normalized spacial score (nSPS) is 20.5. The summed E-state index contributed by atoms with van der Waals surface area (Å²) in [4.78, 5) is 82.8. The largest absolute Gasteiger partial charge is 0.465 e. The maximum atomic E-state index is 13.9. The van der Waals surface area contributed by atoms with E-state index in [1.807, 2.05) is 51.2 Å². The van der Waals surface area contributed by atoms with Gasteiger partial charge in [-0.2, -0.15) is 0 Å². The molecule has 0 aliphatic carbocycles. The Kier molecular flexibility index (Phi) is 15.6. The van der Waals surface area contributed by atoms with Crippen molar-refractivity contribution < 1.29 is 33.8 Å². The number of carbonyl (C=O) groups is 4. The summed E-state index contributed by atoms with van der Waals surface area (Å²) in [5.74, 6) is 1.73. The Morgan fingerprint density at radius 1 is 0.636 bits per heavy atom. The number of rotatable bonds is 15. The van der Waals surface area contributed by atoms with Crippen LogP contribution in [0.2, 0.25) is 0 Å². The molecule has 6 aromatic rings. The number of H-pyrrole nitrogens is 2. The molecule has 7 heterocycles. The van der Waals surface area contributed by atoms with Crippen LogP contribution >= 0.6 is 0 Å². The molecular weight excluding hydrogens is 975 g/mol. The molecule has 4 N–H and O–H groups in total. The number of carboxylic acid groups (broad SMARTS) is 1. The monoisotopic (exact) mass is 1050 g/mol. The van der Waals surface area contributed by atoms with E-state index in [0.717, 1.165) is 107 Å². The summed E-state index contributed by atoms with van der Waals surface area (Å²) in [7, 11) is 2.76. The second-order valence-corrected chi connectivity index (χ2v) is 21.5. The lowest BCUT2D eigenvalue weighted by atomic mass is 10.0. The van der Waals surface area contributed by atoms with Gasteiger partial charge in [0.25, 0.3) is 0 Å². The smallest absolute Gasteiger partial charge is 0.407 e. The molecule has 3 aromatic carbocycles. The minimum Gasteiger partial charge on any atom is -0.465 e. The van der Waals surface area contributed by atoms with E-state index in [0.29, 0.717) is 32.1 Å². The van der Waals surface area contributed by atoms with Gasteiger partial charge in [-0.25, -0.2) is 24.5 Å². The molecule has 0 saturated carbocycles. The third-order valence-corrected chi connectivity index (χ3v) is 16.1. The van der Waals surface area contributed by atoms with Crippen molar-refractivity contribution in [1.29, 1.82) is 0 Å². The number of nitrogens with zero attached hydrogens (tertiary/aromatic N) is 8. The molecule has 6 atom stereocenters. The number of anilines is 2. The van der Waals surface area contributed by atoms with Crippen LogP contribution in [-0.2, 0) is 19.1 Å². The maximum absolute atomic E-state index is 13.9. The standard InChI is InChI=1S/C59H71N11O7/c1-36(2)52(65-58(73)76-6)56(71)68-27-7-9-49(68)54-61-34-45(63-54)39-11-15-41(16-12-39)47-24-25-48(70(47)44-22-19-38(20-23-44)43-21-26-51(60-33-43)67-29-31-77-32-30-67)42-17-13-40(14-18-42)46-35-62-55(64-46)50-10-8-28-69(50)57(72)53(37(3)4)66(5)59(74)75/h11-23,26,33-37,47-50,52-53H,7-10,24-25,27-32H2,1-6H3,(H,61,63)(H,62,64)(H,65,73)(H,74,75)/t47-,48-,49+,50+,52+,53+/m1/s1. The van der Waals surface area contributed by atoms with Crippen LogP contribution in [0.1, 0.15) is 113 Å². The fraction of sp³-hybridized carbons (Fsp3) is 0.441. The quantitative estimate of drug-likeness (QED) is 0.0759. The number of hydrogen-bond donors (Lipinski definition) is 4. The number of imidazole rings is 2. The van der Waals surface area contributed by atoms with Crippen LogP contribution in [0.25, 0.3) is 33.6 Å². The van der Waals surface area contributed by atoms with E-state index < -0.39 is 24.3 Å². The number of morpholine rings is 1. The molecule has 0 bridgehead atoms. The number of benzene rings is 3. The second-order valence-electron chi connectivity index (χ2n) is 21.5. The van der Waals surface area contributed by atoms with Crippen LogP contribution in [0.3, 0.4) is 0 Å². The highest BCUT2D eigenvalue weighted by atomic mass is 16.5. The van der Waals surface area contributed by atoms with Crippen molar-refractivity contribution in [3.63, 3.8) is 0 Å². The van der Waals surface area contributed by atoms with Crippen LogP contribution in [-0.4, -0.2) is 134 Å². The van der Waals surface area contributed by atoms with Gasteiger partial charge in [0.2, 0.25) is 11.8 Å². The number of hydrogen-bond acceptors (Lipinski definition) is 11. The van der Waals surface area contributed by atoms with Crippen LogP contribution in [0, 0.1) is 11.8 Å². The summed E-state index contributed by atoms with van der Waals surface area (Å²) in [6.07, 6.45) is 8.89. The zero-order valence-corrected chi connectivity index (χ0v) is 44.9. The predicted octanol–water partition coefficient (Wildman–Crippen LogP) is 9.79. The summed E-state index contributed by atoms with van der Waals surface area (Å²) >= 11 is 0. The summed E-state index contributed by atoms with van der Waals surface area (Å²) < 4.78 is 10.4. The number of amides is 4. The van der Waals surface area contributed by atoms with Crippen molar-refractivity contribution in [3.8, 4) is 33.6 Å². The molecule has 77 heavy (non-hydrogen) atoms. The van der Waals surface area contributed by atoms with Gasteiger partial charge >= 0.3 is 12.2 Å². The lowest BCUT2D eigenvalue weighted by Gasteiger charge is -2.33. The van der Waals surface area contributed by atoms with E-state index in [9.17, 15) is 24.3 Å². The Morgan fingerprint density at radius 2 is 1.16 bits per heavy atom. The topological polar surface area (TPSA) is 205 Å². The van der Waals surface area contributed by atoms with Crippen molar-refractivity contribution in [1.82, 2.24) is 44.9 Å². The number of likely N-dealkylation sites (tertiary alicyclic amines) is 2. The Labute approximate surface area is 450 Å². The SMILES string of the molecule is COC(=O)N[C@H](C(=O)N1CCC[C@H]1c1ncc(-c2ccc([C@H]3CC[C@H](c4ccc(-c5cnc([C@@H]6CCCN6C(=O)[C@H](C(C)C)N(C)C(=O)O)[nH]5)cc4)N3c3ccc(-c4ccc(N5CCOCC5)nc4)cc3)cc2)[nH]1)C(C)C. The molecule has 4 aliphatic heterocycles. The number of pyridine rings is 1.